The lowest BCUT2D eigenvalue weighted by Gasteiger charge is -2.28. The molecule has 9 heteroatoms. The van der Waals surface area contributed by atoms with Crippen molar-refractivity contribution in [2.75, 3.05) is 13.1 Å². The molecular weight excluding hydrogens is 406 g/mol. The molecule has 0 aliphatic carbocycles. The Hall–Kier alpha value is -3.62. The summed E-state index contributed by atoms with van der Waals surface area (Å²) < 4.78 is 1.67. The van der Waals surface area contributed by atoms with Crippen molar-refractivity contribution in [3.8, 4) is 0 Å². The summed E-state index contributed by atoms with van der Waals surface area (Å²) in [5.74, 6) is 0.453. The predicted octanol–water partition coefficient (Wildman–Crippen LogP) is 1.88. The second-order valence-corrected chi connectivity index (χ2v) is 8.38. The van der Waals surface area contributed by atoms with E-state index in [0.717, 1.165) is 19.3 Å². The molecule has 1 fully saturated rings. The van der Waals surface area contributed by atoms with Crippen LogP contribution in [-0.2, 0) is 19.5 Å². The van der Waals surface area contributed by atoms with Gasteiger partial charge < -0.3 is 9.80 Å². The van der Waals surface area contributed by atoms with Gasteiger partial charge in [-0.25, -0.2) is 14.6 Å². The smallest absolute Gasteiger partial charge is 0.276 e. The lowest BCUT2D eigenvalue weighted by molar-refractivity contribution is 0.0714. The normalized spacial score (nSPS) is 18.0. The molecule has 0 bridgehead atoms. The fraction of sp³-hybridized carbons (Fsp3) is 0.391. The SMILES string of the molecule is Cc1ncc(C(=O)N2CCC[C@H]2Cn2cc(C(=O)N3CCc4ccccc4C3)nn2)cn1. The highest BCUT2D eigenvalue weighted by Crippen LogP contribution is 2.22. The molecule has 2 amide bonds. The van der Waals surface area contributed by atoms with E-state index in [1.54, 1.807) is 30.2 Å². The minimum absolute atomic E-state index is 0.00433. The van der Waals surface area contributed by atoms with Gasteiger partial charge >= 0.3 is 0 Å². The Morgan fingerprint density at radius 2 is 1.84 bits per heavy atom. The Bertz CT molecular complexity index is 1140. The number of hydrogen-bond acceptors (Lipinski definition) is 6. The average molecular weight is 432 g/mol. The van der Waals surface area contributed by atoms with E-state index in [2.05, 4.69) is 32.4 Å². The first-order chi connectivity index (χ1) is 15.6. The van der Waals surface area contributed by atoms with Gasteiger partial charge in [0.25, 0.3) is 11.8 Å². The molecule has 0 saturated carbocycles. The first kappa shape index (κ1) is 20.3. The molecule has 5 rings (SSSR count). The van der Waals surface area contributed by atoms with Crippen molar-refractivity contribution in [3.05, 3.63) is 71.1 Å². The minimum Gasteiger partial charge on any atom is -0.334 e. The van der Waals surface area contributed by atoms with E-state index in [-0.39, 0.29) is 17.9 Å². The zero-order chi connectivity index (χ0) is 22.1. The number of aryl methyl sites for hydroxylation is 1. The largest absolute Gasteiger partial charge is 0.334 e. The van der Waals surface area contributed by atoms with Gasteiger partial charge in [-0.2, -0.15) is 0 Å². The highest BCUT2D eigenvalue weighted by molar-refractivity contribution is 5.94. The third-order valence-electron chi connectivity index (χ3n) is 6.24. The molecule has 3 aromatic rings. The van der Waals surface area contributed by atoms with Crippen LogP contribution in [0.5, 0.6) is 0 Å². The summed E-state index contributed by atoms with van der Waals surface area (Å²) in [7, 11) is 0. The molecule has 1 aromatic carbocycles. The van der Waals surface area contributed by atoms with Crippen LogP contribution in [0.1, 0.15) is 50.6 Å². The first-order valence-electron chi connectivity index (χ1n) is 10.9. The van der Waals surface area contributed by atoms with Crippen LogP contribution in [0, 0.1) is 6.92 Å². The van der Waals surface area contributed by atoms with Gasteiger partial charge in [-0.15, -0.1) is 5.10 Å². The van der Waals surface area contributed by atoms with E-state index in [1.807, 2.05) is 21.9 Å². The third kappa shape index (κ3) is 3.98. The highest BCUT2D eigenvalue weighted by Gasteiger charge is 2.31. The summed E-state index contributed by atoms with van der Waals surface area (Å²) in [6.45, 7) is 4.24. The average Bonchev–Trinajstić information content (AvgIpc) is 3.48. The second-order valence-electron chi connectivity index (χ2n) is 8.38. The number of aromatic nitrogens is 5. The molecule has 1 atom stereocenters. The molecule has 2 aromatic heterocycles. The molecular formula is C23H25N7O2. The zero-order valence-electron chi connectivity index (χ0n) is 18.0. The number of benzene rings is 1. The molecule has 2 aliphatic rings. The van der Waals surface area contributed by atoms with Crippen molar-refractivity contribution in [1.29, 1.82) is 0 Å². The number of rotatable bonds is 4. The van der Waals surface area contributed by atoms with Crippen LogP contribution in [0.15, 0.2) is 42.9 Å². The van der Waals surface area contributed by atoms with Crippen molar-refractivity contribution < 1.29 is 9.59 Å². The van der Waals surface area contributed by atoms with Gasteiger partial charge in [0.15, 0.2) is 5.69 Å². The van der Waals surface area contributed by atoms with E-state index in [9.17, 15) is 9.59 Å². The molecule has 0 spiro atoms. The van der Waals surface area contributed by atoms with Gasteiger partial charge in [-0.3, -0.25) is 9.59 Å². The summed E-state index contributed by atoms with van der Waals surface area (Å²) in [6.07, 6.45) is 7.49. The van der Waals surface area contributed by atoms with E-state index >= 15 is 0 Å². The second kappa shape index (κ2) is 8.49. The van der Waals surface area contributed by atoms with Crippen LogP contribution in [0.3, 0.4) is 0 Å². The minimum atomic E-state index is -0.109. The number of carbonyl (C=O) groups is 2. The first-order valence-corrected chi connectivity index (χ1v) is 10.9. The molecule has 9 nitrogen and oxygen atoms in total. The van der Waals surface area contributed by atoms with Gasteiger partial charge in [-0.05, 0) is 37.3 Å². The molecule has 32 heavy (non-hydrogen) atoms. The van der Waals surface area contributed by atoms with E-state index < -0.39 is 0 Å². The number of likely N-dealkylation sites (tertiary alicyclic amines) is 1. The number of hydrogen-bond donors (Lipinski definition) is 0. The maximum Gasteiger partial charge on any atom is 0.276 e. The van der Waals surface area contributed by atoms with Crippen LogP contribution in [0.2, 0.25) is 0 Å². The molecule has 0 radical (unpaired) electrons. The number of nitrogens with zero attached hydrogens (tertiary/aromatic N) is 7. The summed E-state index contributed by atoms with van der Waals surface area (Å²) in [4.78, 5) is 37.8. The van der Waals surface area contributed by atoms with Crippen molar-refractivity contribution in [1.82, 2.24) is 34.8 Å². The summed E-state index contributed by atoms with van der Waals surface area (Å²) in [5.41, 5.74) is 3.30. The third-order valence-corrected chi connectivity index (χ3v) is 6.24. The number of fused-ring (bicyclic) bond motifs is 1. The molecule has 0 N–H and O–H groups in total. The molecule has 0 unspecified atom stereocenters. The van der Waals surface area contributed by atoms with Gasteiger partial charge in [0.05, 0.1) is 24.3 Å². The maximum absolute atomic E-state index is 13.0. The van der Waals surface area contributed by atoms with Gasteiger partial charge in [-0.1, -0.05) is 29.5 Å². The monoisotopic (exact) mass is 431 g/mol. The fourth-order valence-electron chi connectivity index (χ4n) is 4.49. The Morgan fingerprint density at radius 1 is 1.06 bits per heavy atom. The Labute approximate surface area is 186 Å². The molecule has 4 heterocycles. The summed E-state index contributed by atoms with van der Waals surface area (Å²) in [6, 6.07) is 8.21. The van der Waals surface area contributed by atoms with Gasteiger partial charge in [0.2, 0.25) is 0 Å². The van der Waals surface area contributed by atoms with Crippen molar-refractivity contribution in [2.24, 2.45) is 0 Å². The Balaban J connectivity index is 1.25. The number of carbonyl (C=O) groups excluding carboxylic acids is 2. The predicted molar refractivity (Wildman–Crippen MR) is 116 cm³/mol. The highest BCUT2D eigenvalue weighted by atomic mass is 16.2. The van der Waals surface area contributed by atoms with Crippen molar-refractivity contribution >= 4 is 11.8 Å². The van der Waals surface area contributed by atoms with Crippen LogP contribution in [-0.4, -0.2) is 65.7 Å². The van der Waals surface area contributed by atoms with Gasteiger partial charge in [0.1, 0.15) is 5.82 Å². The van der Waals surface area contributed by atoms with Crippen LogP contribution < -0.4 is 0 Å². The summed E-state index contributed by atoms with van der Waals surface area (Å²) >= 11 is 0. The maximum atomic E-state index is 13.0. The number of amides is 2. The molecule has 164 valence electrons. The van der Waals surface area contributed by atoms with E-state index in [0.29, 0.717) is 43.3 Å². The van der Waals surface area contributed by atoms with Crippen LogP contribution in [0.4, 0.5) is 0 Å². The van der Waals surface area contributed by atoms with Crippen LogP contribution >= 0.6 is 0 Å². The van der Waals surface area contributed by atoms with E-state index in [4.69, 9.17) is 0 Å². The topological polar surface area (TPSA) is 97.1 Å². The lowest BCUT2D eigenvalue weighted by Crippen LogP contribution is -2.38. The Morgan fingerprint density at radius 3 is 2.66 bits per heavy atom. The molecule has 2 aliphatic heterocycles. The zero-order valence-corrected chi connectivity index (χ0v) is 18.0. The van der Waals surface area contributed by atoms with Crippen molar-refractivity contribution in [3.63, 3.8) is 0 Å². The fourth-order valence-corrected chi connectivity index (χ4v) is 4.49. The summed E-state index contributed by atoms with van der Waals surface area (Å²) in [5, 5.41) is 8.30. The van der Waals surface area contributed by atoms with Gasteiger partial charge in [0, 0.05) is 32.0 Å². The van der Waals surface area contributed by atoms with Crippen LogP contribution in [0.25, 0.3) is 0 Å². The lowest BCUT2D eigenvalue weighted by atomic mass is 10.00. The quantitative estimate of drug-likeness (QED) is 0.626. The van der Waals surface area contributed by atoms with E-state index in [1.165, 1.54) is 11.1 Å². The van der Waals surface area contributed by atoms with Crippen molar-refractivity contribution in [2.45, 2.75) is 45.3 Å². The Kier molecular flexibility index (Phi) is 5.38. The standard InChI is InChI=1S/C23H25N7O2/c1-16-24-11-19(12-25-16)22(31)30-9-4-7-20(30)14-29-15-21(26-27-29)23(32)28-10-8-17-5-2-3-6-18(17)13-28/h2-3,5-6,11-12,15,20H,4,7-10,13-14H2,1H3/t20-/m0/s1. The molecule has 1 saturated heterocycles.